The van der Waals surface area contributed by atoms with Gasteiger partial charge in [-0.1, -0.05) is 97.1 Å². The van der Waals surface area contributed by atoms with E-state index in [2.05, 4.69) is 24.3 Å². The van der Waals surface area contributed by atoms with Crippen LogP contribution < -0.4 is 9.47 Å². The van der Waals surface area contributed by atoms with Gasteiger partial charge in [-0.2, -0.15) is 0 Å². The molecule has 1 aliphatic rings. The smallest absolute Gasteiger partial charge is 0.267 e. The van der Waals surface area contributed by atoms with Crippen molar-refractivity contribution < 1.29 is 14.3 Å². The molecule has 0 N–H and O–H groups in total. The maximum Gasteiger partial charge on any atom is 0.267 e. The molecule has 5 nitrogen and oxygen atoms in total. The number of carbonyl (C=O) groups excluding carboxylic acids is 1. The molecule has 6 rings (SSSR count). The van der Waals surface area contributed by atoms with Crippen molar-refractivity contribution in [2.45, 2.75) is 20.1 Å². The van der Waals surface area contributed by atoms with E-state index in [0.717, 1.165) is 22.4 Å². The second-order valence-corrected chi connectivity index (χ2v) is 10.8. The van der Waals surface area contributed by atoms with Crippen LogP contribution in [0.25, 0.3) is 16.8 Å². The number of carbonyl (C=O) groups is 1. The highest BCUT2D eigenvalue weighted by Gasteiger charge is 2.33. The summed E-state index contributed by atoms with van der Waals surface area (Å²) in [6.07, 6.45) is 1.90. The van der Waals surface area contributed by atoms with Crippen LogP contribution in [-0.4, -0.2) is 22.6 Å². The standard InChI is InChI=1S/C36H30N2O3S/c1-2-40-33-22-27(20-21-32(33)41-25-29-16-11-15-28-14-9-10-19-31(28)29)23-34-35(39)38(24-26-12-5-3-6-13-26)36(42-34)37-30-17-7-4-8-18-30/h3-23H,2,24-25H2,1H3. The normalized spacial score (nSPS) is 15.1. The van der Waals surface area contributed by atoms with Crippen LogP contribution in [0.4, 0.5) is 5.69 Å². The number of thioether (sulfide) groups is 1. The molecule has 0 spiro atoms. The number of para-hydroxylation sites is 1. The molecule has 0 saturated carbocycles. The molecular formula is C36H30N2O3S. The van der Waals surface area contributed by atoms with Gasteiger partial charge in [0.2, 0.25) is 0 Å². The molecular weight excluding hydrogens is 540 g/mol. The number of nitrogens with zero attached hydrogens (tertiary/aromatic N) is 2. The Balaban J connectivity index is 1.27. The molecule has 42 heavy (non-hydrogen) atoms. The number of amidine groups is 1. The largest absolute Gasteiger partial charge is 0.490 e. The van der Waals surface area contributed by atoms with Gasteiger partial charge in [0.1, 0.15) is 6.61 Å². The summed E-state index contributed by atoms with van der Waals surface area (Å²) in [6.45, 7) is 3.31. The lowest BCUT2D eigenvalue weighted by Crippen LogP contribution is -2.28. The highest BCUT2D eigenvalue weighted by Crippen LogP contribution is 2.37. The highest BCUT2D eigenvalue weighted by atomic mass is 32.2. The first-order chi connectivity index (χ1) is 20.7. The van der Waals surface area contributed by atoms with Gasteiger partial charge in [-0.15, -0.1) is 0 Å². The Morgan fingerprint density at radius 3 is 2.33 bits per heavy atom. The van der Waals surface area contributed by atoms with E-state index in [0.29, 0.717) is 41.3 Å². The van der Waals surface area contributed by atoms with E-state index >= 15 is 0 Å². The van der Waals surface area contributed by atoms with E-state index in [1.165, 1.54) is 22.5 Å². The van der Waals surface area contributed by atoms with Gasteiger partial charge in [0.25, 0.3) is 5.91 Å². The predicted octanol–water partition coefficient (Wildman–Crippen LogP) is 8.62. The number of rotatable bonds is 9. The molecule has 0 aliphatic carbocycles. The van der Waals surface area contributed by atoms with Gasteiger partial charge in [0.15, 0.2) is 16.7 Å². The zero-order chi connectivity index (χ0) is 28.7. The second kappa shape index (κ2) is 12.8. The zero-order valence-corrected chi connectivity index (χ0v) is 24.1. The van der Waals surface area contributed by atoms with Gasteiger partial charge in [-0.3, -0.25) is 9.69 Å². The van der Waals surface area contributed by atoms with Crippen LogP contribution in [0.1, 0.15) is 23.6 Å². The van der Waals surface area contributed by atoms with Crippen LogP contribution in [0, 0.1) is 0 Å². The first kappa shape index (κ1) is 27.4. The van der Waals surface area contributed by atoms with E-state index < -0.39 is 0 Å². The van der Waals surface area contributed by atoms with Gasteiger partial charge < -0.3 is 9.47 Å². The Kier molecular flexibility index (Phi) is 8.33. The Bertz CT molecular complexity index is 1760. The van der Waals surface area contributed by atoms with E-state index in [4.69, 9.17) is 14.5 Å². The summed E-state index contributed by atoms with van der Waals surface area (Å²) in [5, 5.41) is 3.01. The van der Waals surface area contributed by atoms with Crippen LogP contribution in [0.2, 0.25) is 0 Å². The molecule has 0 atom stereocenters. The summed E-state index contributed by atoms with van der Waals surface area (Å²) in [7, 11) is 0. The summed E-state index contributed by atoms with van der Waals surface area (Å²) < 4.78 is 12.2. The molecule has 5 aromatic carbocycles. The molecule has 0 aromatic heterocycles. The Morgan fingerprint density at radius 2 is 1.52 bits per heavy atom. The van der Waals surface area contributed by atoms with Gasteiger partial charge in [0, 0.05) is 0 Å². The van der Waals surface area contributed by atoms with E-state index in [-0.39, 0.29) is 5.91 Å². The van der Waals surface area contributed by atoms with Crippen molar-refractivity contribution in [1.29, 1.82) is 0 Å². The van der Waals surface area contributed by atoms with Crippen molar-refractivity contribution in [3.8, 4) is 11.5 Å². The first-order valence-corrected chi connectivity index (χ1v) is 14.7. The van der Waals surface area contributed by atoms with Crippen LogP contribution in [0.5, 0.6) is 11.5 Å². The lowest BCUT2D eigenvalue weighted by atomic mass is 10.1. The average Bonchev–Trinajstić information content (AvgIpc) is 3.30. The van der Waals surface area contributed by atoms with Gasteiger partial charge >= 0.3 is 0 Å². The van der Waals surface area contributed by atoms with Crippen LogP contribution in [-0.2, 0) is 17.9 Å². The minimum absolute atomic E-state index is 0.0761. The second-order valence-electron chi connectivity index (χ2n) is 9.78. The molecule has 5 aromatic rings. The molecule has 0 unspecified atom stereocenters. The number of aliphatic imine (C=N–C) groups is 1. The summed E-state index contributed by atoms with van der Waals surface area (Å²) in [5.74, 6) is 1.23. The van der Waals surface area contributed by atoms with Crippen molar-refractivity contribution in [3.05, 3.63) is 143 Å². The molecule has 1 amide bonds. The van der Waals surface area contributed by atoms with Crippen molar-refractivity contribution >= 4 is 45.4 Å². The fourth-order valence-electron chi connectivity index (χ4n) is 4.84. The minimum atomic E-state index is -0.0761. The fourth-order valence-corrected chi connectivity index (χ4v) is 5.83. The average molecular weight is 571 g/mol. The molecule has 1 heterocycles. The third kappa shape index (κ3) is 6.24. The highest BCUT2D eigenvalue weighted by molar-refractivity contribution is 8.18. The van der Waals surface area contributed by atoms with Crippen LogP contribution in [0.15, 0.2) is 131 Å². The van der Waals surface area contributed by atoms with Crippen molar-refractivity contribution in [2.75, 3.05) is 6.61 Å². The maximum atomic E-state index is 13.7. The number of hydrogen-bond donors (Lipinski definition) is 0. The Morgan fingerprint density at radius 1 is 0.786 bits per heavy atom. The zero-order valence-electron chi connectivity index (χ0n) is 23.3. The molecule has 1 saturated heterocycles. The van der Waals surface area contributed by atoms with Gasteiger partial charge in [-0.05, 0) is 76.5 Å². The number of fused-ring (bicyclic) bond motifs is 1. The lowest BCUT2D eigenvalue weighted by Gasteiger charge is -2.15. The summed E-state index contributed by atoms with van der Waals surface area (Å²) in [6, 6.07) is 40.0. The molecule has 0 bridgehead atoms. The fraction of sp³-hybridized carbons (Fsp3) is 0.111. The van der Waals surface area contributed by atoms with E-state index in [1.54, 1.807) is 4.90 Å². The van der Waals surface area contributed by atoms with Crippen LogP contribution in [0.3, 0.4) is 0 Å². The number of amides is 1. The Hall–Kier alpha value is -4.81. The SMILES string of the molecule is CCOc1cc(C=C2SC(=Nc3ccccc3)N(Cc3ccccc3)C2=O)ccc1OCc1cccc2ccccc12. The quantitative estimate of drug-likeness (QED) is 0.167. The van der Waals surface area contributed by atoms with Crippen molar-refractivity contribution in [1.82, 2.24) is 4.90 Å². The number of benzene rings is 5. The number of hydrogen-bond acceptors (Lipinski definition) is 5. The topological polar surface area (TPSA) is 51.1 Å². The maximum absolute atomic E-state index is 13.7. The third-order valence-corrected chi connectivity index (χ3v) is 7.89. The van der Waals surface area contributed by atoms with E-state index in [9.17, 15) is 4.79 Å². The molecule has 1 aliphatic heterocycles. The molecule has 6 heteroatoms. The first-order valence-electron chi connectivity index (χ1n) is 13.9. The molecule has 208 valence electrons. The minimum Gasteiger partial charge on any atom is -0.490 e. The van der Waals surface area contributed by atoms with Gasteiger partial charge in [-0.25, -0.2) is 4.99 Å². The Labute approximate surface area is 250 Å². The predicted molar refractivity (Wildman–Crippen MR) is 172 cm³/mol. The molecule has 0 radical (unpaired) electrons. The van der Waals surface area contributed by atoms with Crippen molar-refractivity contribution in [2.24, 2.45) is 4.99 Å². The lowest BCUT2D eigenvalue weighted by molar-refractivity contribution is -0.122. The monoisotopic (exact) mass is 570 g/mol. The summed E-state index contributed by atoms with van der Waals surface area (Å²) in [5.41, 5.74) is 3.81. The van der Waals surface area contributed by atoms with E-state index in [1.807, 2.05) is 110 Å². The third-order valence-electron chi connectivity index (χ3n) is 6.88. The van der Waals surface area contributed by atoms with Gasteiger partial charge in [0.05, 0.1) is 23.7 Å². The van der Waals surface area contributed by atoms with Crippen LogP contribution >= 0.6 is 11.8 Å². The summed E-state index contributed by atoms with van der Waals surface area (Å²) >= 11 is 1.38. The number of ether oxygens (including phenoxy) is 2. The van der Waals surface area contributed by atoms with Crippen molar-refractivity contribution in [3.63, 3.8) is 0 Å². The summed E-state index contributed by atoms with van der Waals surface area (Å²) in [4.78, 5) is 20.8. The molecule has 1 fully saturated rings.